The first-order chi connectivity index (χ1) is 14.2. The van der Waals surface area contributed by atoms with Gasteiger partial charge in [0.05, 0.1) is 19.3 Å². The summed E-state index contributed by atoms with van der Waals surface area (Å²) in [7, 11) is 2.20. The highest BCUT2D eigenvalue weighted by molar-refractivity contribution is 14.0. The fraction of sp³-hybridized carbons (Fsp3) is 0.696. The third kappa shape index (κ3) is 7.98. The summed E-state index contributed by atoms with van der Waals surface area (Å²) in [4.78, 5) is 9.77. The number of halogens is 1. The maximum Gasteiger partial charge on any atom is 0.191 e. The van der Waals surface area contributed by atoms with Gasteiger partial charge in [-0.15, -0.1) is 24.0 Å². The highest BCUT2D eigenvalue weighted by Crippen LogP contribution is 2.22. The van der Waals surface area contributed by atoms with Crippen LogP contribution in [0.25, 0.3) is 0 Å². The molecule has 3 atom stereocenters. The first-order valence-electron chi connectivity index (χ1n) is 11.3. The zero-order valence-electron chi connectivity index (χ0n) is 18.8. The second-order valence-corrected chi connectivity index (χ2v) is 8.43. The normalized spacial score (nSPS) is 23.0. The highest BCUT2D eigenvalue weighted by atomic mass is 127. The van der Waals surface area contributed by atoms with Gasteiger partial charge in [0.2, 0.25) is 0 Å². The lowest BCUT2D eigenvalue weighted by Crippen LogP contribution is -2.47. The molecule has 2 saturated heterocycles. The lowest BCUT2D eigenvalue weighted by molar-refractivity contribution is -0.0432. The van der Waals surface area contributed by atoms with E-state index >= 15 is 0 Å². The monoisotopic (exact) mass is 529 g/mol. The van der Waals surface area contributed by atoms with Crippen molar-refractivity contribution in [2.75, 3.05) is 46.4 Å². The molecule has 170 valence electrons. The number of morpholine rings is 1. The predicted molar refractivity (Wildman–Crippen MR) is 136 cm³/mol. The fourth-order valence-corrected chi connectivity index (χ4v) is 4.18. The van der Waals surface area contributed by atoms with Gasteiger partial charge in [-0.3, -0.25) is 14.8 Å². The first kappa shape index (κ1) is 25.4. The van der Waals surface area contributed by atoms with Crippen LogP contribution in [0.2, 0.25) is 0 Å². The van der Waals surface area contributed by atoms with E-state index in [9.17, 15) is 0 Å². The van der Waals surface area contributed by atoms with E-state index in [1.165, 1.54) is 24.9 Å². The van der Waals surface area contributed by atoms with Gasteiger partial charge in [0.15, 0.2) is 5.96 Å². The Hall–Kier alpha value is -0.900. The van der Waals surface area contributed by atoms with Crippen LogP contribution in [0.5, 0.6) is 0 Å². The zero-order valence-corrected chi connectivity index (χ0v) is 21.2. The molecule has 2 aliphatic rings. The number of ether oxygens (including phenoxy) is 1. The van der Waals surface area contributed by atoms with E-state index in [-0.39, 0.29) is 30.1 Å². The Bertz CT molecular complexity index is 629. The molecule has 1 aromatic rings. The van der Waals surface area contributed by atoms with Crippen molar-refractivity contribution in [1.29, 1.82) is 0 Å². The predicted octanol–water partition coefficient (Wildman–Crippen LogP) is 2.93. The quantitative estimate of drug-likeness (QED) is 0.293. The van der Waals surface area contributed by atoms with Crippen molar-refractivity contribution >= 4 is 29.9 Å². The molecule has 2 fully saturated rings. The van der Waals surface area contributed by atoms with Gasteiger partial charge in [-0.25, -0.2) is 0 Å². The molecule has 6 nitrogen and oxygen atoms in total. The highest BCUT2D eigenvalue weighted by Gasteiger charge is 2.31. The minimum Gasteiger partial charge on any atom is -0.373 e. The molecule has 1 aromatic carbocycles. The standard InChI is InChI=1S/C23H39N5O.HI/c1-4-24-23(26-15-22-17-28-14-8-11-21(28)18-29-22)25-13-12-19(2)27(3)16-20-9-6-5-7-10-20;/h5-7,9-10,19,21-22H,4,8,11-18H2,1-3H3,(H2,24,25,26);1H. The molecule has 0 bridgehead atoms. The van der Waals surface area contributed by atoms with Gasteiger partial charge in [-0.05, 0) is 52.3 Å². The number of nitrogens with zero attached hydrogens (tertiary/aromatic N) is 3. The van der Waals surface area contributed by atoms with Gasteiger partial charge in [0, 0.05) is 38.3 Å². The van der Waals surface area contributed by atoms with E-state index in [1.54, 1.807) is 0 Å². The summed E-state index contributed by atoms with van der Waals surface area (Å²) in [6.45, 7) is 11.0. The number of benzene rings is 1. The number of hydrogen-bond donors (Lipinski definition) is 2. The van der Waals surface area contributed by atoms with Crippen LogP contribution >= 0.6 is 24.0 Å². The van der Waals surface area contributed by atoms with Gasteiger partial charge in [0.25, 0.3) is 0 Å². The average Bonchev–Trinajstić information content (AvgIpc) is 3.20. The fourth-order valence-electron chi connectivity index (χ4n) is 4.18. The maximum atomic E-state index is 6.04. The number of nitrogens with one attached hydrogen (secondary N) is 2. The molecule has 7 heteroatoms. The second-order valence-electron chi connectivity index (χ2n) is 8.43. The summed E-state index contributed by atoms with van der Waals surface area (Å²) in [6, 6.07) is 11.8. The second kappa shape index (κ2) is 13.5. The Kier molecular flexibility index (Phi) is 11.4. The topological polar surface area (TPSA) is 52.1 Å². The Morgan fingerprint density at radius 2 is 2.10 bits per heavy atom. The molecule has 0 amide bonds. The van der Waals surface area contributed by atoms with Crippen molar-refractivity contribution < 1.29 is 4.74 Å². The summed E-state index contributed by atoms with van der Waals surface area (Å²) in [5, 5.41) is 6.87. The Morgan fingerprint density at radius 1 is 1.30 bits per heavy atom. The number of guanidine groups is 1. The molecule has 0 aromatic heterocycles. The third-order valence-electron chi connectivity index (χ3n) is 6.14. The van der Waals surface area contributed by atoms with E-state index in [2.05, 4.69) is 71.7 Å². The Balaban J connectivity index is 0.00000320. The van der Waals surface area contributed by atoms with Crippen molar-refractivity contribution in [3.63, 3.8) is 0 Å². The maximum absolute atomic E-state index is 6.04. The van der Waals surface area contributed by atoms with E-state index in [0.717, 1.165) is 51.7 Å². The van der Waals surface area contributed by atoms with Gasteiger partial charge in [-0.1, -0.05) is 30.3 Å². The number of aliphatic imine (C=N–C) groups is 1. The van der Waals surface area contributed by atoms with Crippen LogP contribution in [-0.2, 0) is 11.3 Å². The summed E-state index contributed by atoms with van der Waals surface area (Å²) < 4.78 is 6.04. The summed E-state index contributed by atoms with van der Waals surface area (Å²) in [5.41, 5.74) is 1.36. The molecule has 30 heavy (non-hydrogen) atoms. The van der Waals surface area contributed by atoms with E-state index in [0.29, 0.717) is 12.1 Å². The first-order valence-corrected chi connectivity index (χ1v) is 11.3. The van der Waals surface area contributed by atoms with Gasteiger partial charge < -0.3 is 15.4 Å². The molecule has 2 heterocycles. The van der Waals surface area contributed by atoms with Crippen LogP contribution in [0.4, 0.5) is 0 Å². The van der Waals surface area contributed by atoms with E-state index in [1.807, 2.05) is 0 Å². The number of hydrogen-bond acceptors (Lipinski definition) is 4. The van der Waals surface area contributed by atoms with Crippen molar-refractivity contribution in [3.8, 4) is 0 Å². The number of fused-ring (bicyclic) bond motifs is 1. The van der Waals surface area contributed by atoms with Crippen LogP contribution in [0.3, 0.4) is 0 Å². The molecular formula is C23H40IN5O. The van der Waals surface area contributed by atoms with Gasteiger partial charge in [-0.2, -0.15) is 0 Å². The molecule has 0 spiro atoms. The molecule has 2 N–H and O–H groups in total. The van der Waals surface area contributed by atoms with E-state index < -0.39 is 0 Å². The van der Waals surface area contributed by atoms with Crippen LogP contribution in [0.15, 0.2) is 35.3 Å². The molecule has 0 radical (unpaired) electrons. The van der Waals surface area contributed by atoms with Crippen molar-refractivity contribution in [2.45, 2.75) is 57.8 Å². The molecular weight excluding hydrogens is 489 g/mol. The molecule has 2 aliphatic heterocycles. The Labute approximate surface area is 199 Å². The molecule has 0 saturated carbocycles. The Morgan fingerprint density at radius 3 is 2.87 bits per heavy atom. The smallest absolute Gasteiger partial charge is 0.191 e. The summed E-state index contributed by atoms with van der Waals surface area (Å²) in [5.74, 6) is 0.901. The summed E-state index contributed by atoms with van der Waals surface area (Å²) >= 11 is 0. The lowest BCUT2D eigenvalue weighted by Gasteiger charge is -2.34. The van der Waals surface area contributed by atoms with E-state index in [4.69, 9.17) is 9.73 Å². The third-order valence-corrected chi connectivity index (χ3v) is 6.14. The van der Waals surface area contributed by atoms with Crippen molar-refractivity contribution in [3.05, 3.63) is 35.9 Å². The molecule has 3 unspecified atom stereocenters. The lowest BCUT2D eigenvalue weighted by atomic mass is 10.1. The number of rotatable bonds is 9. The minimum absolute atomic E-state index is 0. The molecule has 0 aliphatic carbocycles. The SMILES string of the molecule is CCNC(=NCC1CN2CCCC2CO1)NCCC(C)N(C)Cc1ccccc1.I. The zero-order chi connectivity index (χ0) is 20.5. The van der Waals surface area contributed by atoms with Crippen molar-refractivity contribution in [2.24, 2.45) is 4.99 Å². The summed E-state index contributed by atoms with van der Waals surface area (Å²) in [6.07, 6.45) is 3.89. The molecule has 3 rings (SSSR count). The van der Waals surface area contributed by atoms with Gasteiger partial charge in [0.1, 0.15) is 0 Å². The average molecular weight is 530 g/mol. The van der Waals surface area contributed by atoms with Crippen molar-refractivity contribution in [1.82, 2.24) is 20.4 Å². The van der Waals surface area contributed by atoms with Gasteiger partial charge >= 0.3 is 0 Å². The van der Waals surface area contributed by atoms with Crippen LogP contribution in [-0.4, -0.2) is 80.3 Å². The van der Waals surface area contributed by atoms with Crippen LogP contribution in [0.1, 0.15) is 38.7 Å². The van der Waals surface area contributed by atoms with Crippen LogP contribution in [0, 0.1) is 0 Å². The minimum atomic E-state index is 0. The van der Waals surface area contributed by atoms with Crippen LogP contribution < -0.4 is 10.6 Å². The largest absolute Gasteiger partial charge is 0.373 e.